The van der Waals surface area contributed by atoms with Crippen LogP contribution in [0.2, 0.25) is 5.02 Å². The van der Waals surface area contributed by atoms with E-state index in [4.69, 9.17) is 35.9 Å². The number of halogens is 1. The minimum absolute atomic E-state index is 0.310. The molecule has 5 aromatic rings. The van der Waals surface area contributed by atoms with E-state index in [9.17, 15) is 4.79 Å². The van der Waals surface area contributed by atoms with Crippen LogP contribution in [0.25, 0.3) is 0 Å². The van der Waals surface area contributed by atoms with E-state index in [1.54, 1.807) is 31.0 Å². The van der Waals surface area contributed by atoms with Crippen molar-refractivity contribution in [2.75, 3.05) is 24.9 Å². The fourth-order valence-electron chi connectivity index (χ4n) is 5.39. The summed E-state index contributed by atoms with van der Waals surface area (Å²) in [6.45, 7) is 4.30. The maximum atomic E-state index is 14.1. The summed E-state index contributed by atoms with van der Waals surface area (Å²) in [5.74, 6) is 2.46. The number of hydrogen-bond acceptors (Lipinski definition) is 8. The second-order valence-corrected chi connectivity index (χ2v) is 12.2. The van der Waals surface area contributed by atoms with Gasteiger partial charge in [0.1, 0.15) is 18.4 Å². The lowest BCUT2D eigenvalue weighted by molar-refractivity contribution is -0.113. The first kappa shape index (κ1) is 32.0. The van der Waals surface area contributed by atoms with Gasteiger partial charge in [-0.15, -0.1) is 5.10 Å². The van der Waals surface area contributed by atoms with Gasteiger partial charge in [0.05, 0.1) is 25.5 Å². The van der Waals surface area contributed by atoms with Crippen LogP contribution in [-0.4, -0.2) is 34.9 Å². The molecule has 2 N–H and O–H groups in total. The number of benzene rings is 4. The molecular weight excluding hydrogens is 634 g/mol. The van der Waals surface area contributed by atoms with Gasteiger partial charge in [0.25, 0.3) is 5.91 Å². The van der Waals surface area contributed by atoms with E-state index in [0.29, 0.717) is 62.7 Å². The van der Waals surface area contributed by atoms with Gasteiger partial charge in [-0.05, 0) is 66.4 Å². The van der Waals surface area contributed by atoms with Crippen molar-refractivity contribution in [2.45, 2.75) is 37.4 Å². The molecule has 11 heteroatoms. The minimum Gasteiger partial charge on any atom is -0.495 e. The SMILES string of the molecule is COc1ccccc1NC(=O)C1=C(C)Nc2nc(SCc3ccccc3Cl)nn2C1c1ccc(OCc2ccccc2C)c(OC)c1. The Morgan fingerprint density at radius 1 is 0.915 bits per heavy atom. The summed E-state index contributed by atoms with van der Waals surface area (Å²) < 4.78 is 19.2. The number of para-hydroxylation sites is 2. The highest BCUT2D eigenvalue weighted by Crippen LogP contribution is 2.41. The van der Waals surface area contributed by atoms with Crippen molar-refractivity contribution in [2.24, 2.45) is 0 Å². The van der Waals surface area contributed by atoms with Crippen molar-refractivity contribution in [3.8, 4) is 17.2 Å². The molecule has 1 atom stereocenters. The van der Waals surface area contributed by atoms with Crippen LogP contribution in [0, 0.1) is 6.92 Å². The highest BCUT2D eigenvalue weighted by Gasteiger charge is 2.35. The number of aromatic nitrogens is 3. The highest BCUT2D eigenvalue weighted by molar-refractivity contribution is 7.98. The van der Waals surface area contributed by atoms with Crippen molar-refractivity contribution in [3.63, 3.8) is 0 Å². The Morgan fingerprint density at radius 3 is 2.40 bits per heavy atom. The number of amides is 1. The minimum atomic E-state index is -0.637. The zero-order valence-electron chi connectivity index (χ0n) is 26.4. The van der Waals surface area contributed by atoms with Crippen LogP contribution >= 0.6 is 23.4 Å². The normalized spacial score (nSPS) is 13.9. The summed E-state index contributed by atoms with van der Waals surface area (Å²) >= 11 is 7.87. The average molecular weight is 668 g/mol. The number of nitrogens with one attached hydrogen (secondary N) is 2. The summed E-state index contributed by atoms with van der Waals surface area (Å²) in [6.07, 6.45) is 0. The van der Waals surface area contributed by atoms with E-state index >= 15 is 0 Å². The number of hydrogen-bond donors (Lipinski definition) is 2. The molecular formula is C36H34ClN5O4S. The molecule has 0 aliphatic carbocycles. The molecule has 1 amide bonds. The van der Waals surface area contributed by atoms with Crippen molar-refractivity contribution in [1.82, 2.24) is 14.8 Å². The van der Waals surface area contributed by atoms with Gasteiger partial charge >= 0.3 is 0 Å². The van der Waals surface area contributed by atoms with E-state index in [-0.39, 0.29) is 5.91 Å². The monoisotopic (exact) mass is 667 g/mol. The molecule has 0 saturated heterocycles. The first-order valence-electron chi connectivity index (χ1n) is 15.0. The summed E-state index contributed by atoms with van der Waals surface area (Å²) in [6, 6.07) is 28.1. The fraction of sp³-hybridized carbons (Fsp3) is 0.194. The van der Waals surface area contributed by atoms with Gasteiger partial charge < -0.3 is 24.8 Å². The summed E-state index contributed by atoms with van der Waals surface area (Å²) in [5, 5.41) is 12.4. The molecule has 9 nitrogen and oxygen atoms in total. The number of nitrogens with zero attached hydrogens (tertiary/aromatic N) is 3. The zero-order valence-corrected chi connectivity index (χ0v) is 28.0. The molecule has 1 aromatic heterocycles. The number of fused-ring (bicyclic) bond motifs is 1. The zero-order chi connectivity index (χ0) is 32.9. The van der Waals surface area contributed by atoms with Crippen LogP contribution in [-0.2, 0) is 17.2 Å². The Labute approximate surface area is 282 Å². The highest BCUT2D eigenvalue weighted by atomic mass is 35.5. The van der Waals surface area contributed by atoms with E-state index < -0.39 is 6.04 Å². The number of ether oxygens (including phenoxy) is 3. The predicted octanol–water partition coefficient (Wildman–Crippen LogP) is 8.06. The smallest absolute Gasteiger partial charge is 0.255 e. The Balaban J connectivity index is 1.36. The van der Waals surface area contributed by atoms with Gasteiger partial charge in [-0.2, -0.15) is 4.98 Å². The van der Waals surface area contributed by atoms with Gasteiger partial charge in [0, 0.05) is 16.5 Å². The Morgan fingerprint density at radius 2 is 1.64 bits per heavy atom. The molecule has 47 heavy (non-hydrogen) atoms. The molecule has 1 unspecified atom stereocenters. The van der Waals surface area contributed by atoms with Crippen molar-refractivity contribution >= 4 is 40.9 Å². The van der Waals surface area contributed by atoms with Gasteiger partial charge in [0.2, 0.25) is 11.1 Å². The molecule has 1 aliphatic rings. The van der Waals surface area contributed by atoms with Crippen LogP contribution in [0.4, 0.5) is 11.6 Å². The average Bonchev–Trinajstić information content (AvgIpc) is 3.49. The van der Waals surface area contributed by atoms with E-state index in [2.05, 4.69) is 23.6 Å². The molecule has 0 bridgehead atoms. The third-order valence-corrected chi connectivity index (χ3v) is 9.15. The topological polar surface area (TPSA) is 99.5 Å². The summed E-state index contributed by atoms with van der Waals surface area (Å²) in [7, 11) is 3.17. The second kappa shape index (κ2) is 14.2. The molecule has 6 rings (SSSR count). The lowest BCUT2D eigenvalue weighted by Crippen LogP contribution is -2.31. The number of aryl methyl sites for hydroxylation is 1. The van der Waals surface area contributed by atoms with E-state index in [1.807, 2.05) is 79.7 Å². The number of carbonyl (C=O) groups excluding carboxylic acids is 1. The van der Waals surface area contributed by atoms with Gasteiger partial charge in [-0.1, -0.05) is 84.0 Å². The number of allylic oxidation sites excluding steroid dienone is 1. The Kier molecular flexibility index (Phi) is 9.70. The first-order chi connectivity index (χ1) is 22.9. The van der Waals surface area contributed by atoms with Crippen LogP contribution < -0.4 is 24.8 Å². The summed E-state index contributed by atoms with van der Waals surface area (Å²) in [4.78, 5) is 18.9. The van der Waals surface area contributed by atoms with Crippen molar-refractivity contribution < 1.29 is 19.0 Å². The van der Waals surface area contributed by atoms with Crippen LogP contribution in [0.1, 0.15) is 35.2 Å². The third-order valence-electron chi connectivity index (χ3n) is 7.90. The standard InChI is InChI=1S/C36H34ClN5O4S/c1-22-11-5-6-12-25(22)20-46-30-18-17-24(19-31(30)45-4)33-32(34(43)39-28-15-9-10-16-29(28)44-3)23(2)38-35-40-36(41-42(33)35)47-21-26-13-7-8-14-27(26)37/h5-19,33H,20-21H2,1-4H3,(H,39,43)(H,38,40,41). The molecule has 240 valence electrons. The van der Waals surface area contributed by atoms with Gasteiger partial charge in [-0.25, -0.2) is 4.68 Å². The fourth-order valence-corrected chi connectivity index (χ4v) is 6.51. The number of anilines is 2. The number of methoxy groups -OCH3 is 2. The van der Waals surface area contributed by atoms with E-state index in [0.717, 1.165) is 22.3 Å². The molecule has 0 fully saturated rings. The number of thioether (sulfide) groups is 1. The predicted molar refractivity (Wildman–Crippen MR) is 186 cm³/mol. The largest absolute Gasteiger partial charge is 0.495 e. The van der Waals surface area contributed by atoms with Crippen molar-refractivity contribution in [1.29, 1.82) is 0 Å². The molecule has 2 heterocycles. The third kappa shape index (κ3) is 6.94. The molecule has 0 radical (unpaired) electrons. The maximum absolute atomic E-state index is 14.1. The van der Waals surface area contributed by atoms with Gasteiger partial charge in [-0.3, -0.25) is 4.79 Å². The van der Waals surface area contributed by atoms with E-state index in [1.165, 1.54) is 11.8 Å². The molecule has 4 aromatic carbocycles. The molecule has 0 spiro atoms. The summed E-state index contributed by atoms with van der Waals surface area (Å²) in [5.41, 5.74) is 5.64. The number of rotatable bonds is 11. The molecule has 0 saturated carbocycles. The van der Waals surface area contributed by atoms with Crippen molar-refractivity contribution in [3.05, 3.63) is 130 Å². The van der Waals surface area contributed by atoms with Crippen LogP contribution in [0.5, 0.6) is 17.2 Å². The molecule has 1 aliphatic heterocycles. The lowest BCUT2D eigenvalue weighted by Gasteiger charge is -2.29. The van der Waals surface area contributed by atoms with Crippen LogP contribution in [0.3, 0.4) is 0 Å². The number of carbonyl (C=O) groups is 1. The Hall–Kier alpha value is -4.93. The first-order valence-corrected chi connectivity index (χ1v) is 16.3. The Bertz CT molecular complexity index is 1960. The lowest BCUT2D eigenvalue weighted by atomic mass is 9.94. The quantitative estimate of drug-likeness (QED) is 0.137. The van der Waals surface area contributed by atoms with Crippen LogP contribution in [0.15, 0.2) is 107 Å². The maximum Gasteiger partial charge on any atom is 0.255 e. The van der Waals surface area contributed by atoms with Gasteiger partial charge in [0.15, 0.2) is 11.5 Å². The second-order valence-electron chi connectivity index (χ2n) is 10.9.